The summed E-state index contributed by atoms with van der Waals surface area (Å²) in [6.07, 6.45) is 1.95. The van der Waals surface area contributed by atoms with Gasteiger partial charge in [-0.3, -0.25) is 0 Å². The first-order valence-electron chi connectivity index (χ1n) is 5.93. The second-order valence-corrected chi connectivity index (χ2v) is 4.33. The molecular formula is C15H14N2O. The number of hydrogen-bond acceptors (Lipinski definition) is 2. The normalized spacial score (nSPS) is 11.0. The third-order valence-corrected chi connectivity index (χ3v) is 3.16. The minimum Gasteiger partial charge on any atom is -0.392 e. The molecule has 1 aromatic carbocycles. The van der Waals surface area contributed by atoms with Crippen LogP contribution in [0, 0.1) is 6.92 Å². The molecule has 3 rings (SSSR count). The summed E-state index contributed by atoms with van der Waals surface area (Å²) in [5.41, 5.74) is 4.97. The number of hydrogen-bond donors (Lipinski definition) is 1. The number of nitrogens with zero attached hydrogens (tertiary/aromatic N) is 2. The predicted molar refractivity (Wildman–Crippen MR) is 71.3 cm³/mol. The number of aromatic nitrogens is 2. The van der Waals surface area contributed by atoms with E-state index in [2.05, 4.69) is 24.0 Å². The summed E-state index contributed by atoms with van der Waals surface area (Å²) < 4.78 is 2.04. The van der Waals surface area contributed by atoms with E-state index in [0.717, 1.165) is 28.2 Å². The van der Waals surface area contributed by atoms with Crippen molar-refractivity contribution in [2.45, 2.75) is 13.5 Å². The first kappa shape index (κ1) is 11.0. The second kappa shape index (κ2) is 4.27. The van der Waals surface area contributed by atoms with Crippen molar-refractivity contribution in [3.8, 4) is 11.3 Å². The van der Waals surface area contributed by atoms with Gasteiger partial charge in [0, 0.05) is 17.5 Å². The lowest BCUT2D eigenvalue weighted by Gasteiger charge is -1.99. The van der Waals surface area contributed by atoms with Gasteiger partial charge in [0.15, 0.2) is 0 Å². The first-order chi connectivity index (χ1) is 8.79. The van der Waals surface area contributed by atoms with E-state index >= 15 is 0 Å². The highest BCUT2D eigenvalue weighted by Gasteiger charge is 2.09. The fraction of sp³-hybridized carbons (Fsp3) is 0.133. The first-order valence-corrected chi connectivity index (χ1v) is 5.93. The molecule has 0 amide bonds. The Morgan fingerprint density at radius 3 is 2.67 bits per heavy atom. The molecule has 1 N–H and O–H groups in total. The Labute approximate surface area is 105 Å². The van der Waals surface area contributed by atoms with Gasteiger partial charge in [-0.1, -0.05) is 30.3 Å². The zero-order valence-corrected chi connectivity index (χ0v) is 10.2. The fourth-order valence-electron chi connectivity index (χ4n) is 2.18. The molecule has 0 spiro atoms. The van der Waals surface area contributed by atoms with Crippen molar-refractivity contribution < 1.29 is 5.11 Å². The van der Waals surface area contributed by atoms with E-state index in [-0.39, 0.29) is 6.61 Å². The van der Waals surface area contributed by atoms with E-state index in [1.807, 2.05) is 40.9 Å². The van der Waals surface area contributed by atoms with Crippen LogP contribution in [0.1, 0.15) is 11.3 Å². The maximum Gasteiger partial charge on any atom is 0.138 e. The van der Waals surface area contributed by atoms with E-state index in [4.69, 9.17) is 5.11 Å². The lowest BCUT2D eigenvalue weighted by molar-refractivity contribution is 0.282. The largest absolute Gasteiger partial charge is 0.392 e. The summed E-state index contributed by atoms with van der Waals surface area (Å²) in [5, 5.41) is 9.15. The number of aliphatic hydroxyl groups excluding tert-OH is 1. The molecular weight excluding hydrogens is 224 g/mol. The highest BCUT2D eigenvalue weighted by atomic mass is 16.3. The van der Waals surface area contributed by atoms with Crippen molar-refractivity contribution in [3.05, 3.63) is 59.9 Å². The van der Waals surface area contributed by atoms with Crippen molar-refractivity contribution >= 4 is 5.65 Å². The van der Waals surface area contributed by atoms with Gasteiger partial charge in [-0.2, -0.15) is 0 Å². The standard InChI is InChI=1S/C15H14N2O/c1-11-15(13-5-3-2-4-6-13)16-14-9-12(10-18)7-8-17(11)14/h2-9,18H,10H2,1H3. The predicted octanol–water partition coefficient (Wildman–Crippen LogP) is 2.80. The molecule has 0 saturated heterocycles. The van der Waals surface area contributed by atoms with Gasteiger partial charge < -0.3 is 9.51 Å². The van der Waals surface area contributed by atoms with Crippen LogP contribution in [0.15, 0.2) is 48.7 Å². The Hall–Kier alpha value is -2.13. The molecule has 90 valence electrons. The minimum atomic E-state index is 0.0447. The van der Waals surface area contributed by atoms with Gasteiger partial charge in [0.2, 0.25) is 0 Å². The zero-order valence-electron chi connectivity index (χ0n) is 10.2. The van der Waals surface area contributed by atoms with E-state index in [0.29, 0.717) is 0 Å². The lowest BCUT2D eigenvalue weighted by Crippen LogP contribution is -1.90. The molecule has 0 saturated carbocycles. The summed E-state index contributed by atoms with van der Waals surface area (Å²) in [7, 11) is 0. The van der Waals surface area contributed by atoms with Crippen LogP contribution in [0.2, 0.25) is 0 Å². The van der Waals surface area contributed by atoms with E-state index in [1.165, 1.54) is 0 Å². The Kier molecular flexibility index (Phi) is 2.61. The van der Waals surface area contributed by atoms with Gasteiger partial charge in [0.25, 0.3) is 0 Å². The molecule has 3 aromatic rings. The number of imidazole rings is 1. The summed E-state index contributed by atoms with van der Waals surface area (Å²) in [5.74, 6) is 0. The monoisotopic (exact) mass is 238 g/mol. The summed E-state index contributed by atoms with van der Waals surface area (Å²) in [4.78, 5) is 4.64. The van der Waals surface area contributed by atoms with Crippen LogP contribution in [0.25, 0.3) is 16.9 Å². The molecule has 0 atom stereocenters. The molecule has 3 nitrogen and oxygen atoms in total. The molecule has 0 aliphatic carbocycles. The number of fused-ring (bicyclic) bond motifs is 1. The Morgan fingerprint density at radius 2 is 1.94 bits per heavy atom. The van der Waals surface area contributed by atoms with Crippen LogP contribution in [0.4, 0.5) is 0 Å². The Morgan fingerprint density at radius 1 is 1.17 bits per heavy atom. The van der Waals surface area contributed by atoms with Crippen LogP contribution in [0.5, 0.6) is 0 Å². The second-order valence-electron chi connectivity index (χ2n) is 4.33. The smallest absolute Gasteiger partial charge is 0.138 e. The molecule has 0 bridgehead atoms. The van der Waals surface area contributed by atoms with Crippen LogP contribution < -0.4 is 0 Å². The quantitative estimate of drug-likeness (QED) is 0.745. The summed E-state index contributed by atoms with van der Waals surface area (Å²) in [6.45, 7) is 2.10. The number of benzene rings is 1. The maximum absolute atomic E-state index is 9.15. The Balaban J connectivity index is 2.23. The van der Waals surface area contributed by atoms with E-state index < -0.39 is 0 Å². The van der Waals surface area contributed by atoms with Crippen LogP contribution in [-0.4, -0.2) is 14.5 Å². The minimum absolute atomic E-state index is 0.0447. The summed E-state index contributed by atoms with van der Waals surface area (Å²) in [6, 6.07) is 14.0. The third kappa shape index (κ3) is 1.69. The summed E-state index contributed by atoms with van der Waals surface area (Å²) >= 11 is 0. The zero-order chi connectivity index (χ0) is 12.5. The van der Waals surface area contributed by atoms with Gasteiger partial charge in [-0.05, 0) is 24.6 Å². The van der Waals surface area contributed by atoms with E-state index in [1.54, 1.807) is 0 Å². The molecule has 18 heavy (non-hydrogen) atoms. The van der Waals surface area contributed by atoms with Crippen LogP contribution >= 0.6 is 0 Å². The average molecular weight is 238 g/mol. The molecule has 0 radical (unpaired) electrons. The molecule has 2 aromatic heterocycles. The number of aryl methyl sites for hydroxylation is 1. The molecule has 3 heteroatoms. The molecule has 2 heterocycles. The maximum atomic E-state index is 9.15. The number of aliphatic hydroxyl groups is 1. The van der Waals surface area contributed by atoms with Gasteiger partial charge >= 0.3 is 0 Å². The van der Waals surface area contributed by atoms with Crippen molar-refractivity contribution in [3.63, 3.8) is 0 Å². The molecule has 0 aliphatic heterocycles. The lowest BCUT2D eigenvalue weighted by atomic mass is 10.1. The van der Waals surface area contributed by atoms with Gasteiger partial charge in [-0.25, -0.2) is 4.98 Å². The SMILES string of the molecule is Cc1c(-c2ccccc2)nc2cc(CO)ccn12. The highest BCUT2D eigenvalue weighted by Crippen LogP contribution is 2.23. The average Bonchev–Trinajstić information content (AvgIpc) is 2.76. The third-order valence-electron chi connectivity index (χ3n) is 3.16. The molecule has 0 aliphatic rings. The number of pyridine rings is 1. The number of rotatable bonds is 2. The molecule has 0 fully saturated rings. The van der Waals surface area contributed by atoms with Gasteiger partial charge in [0.05, 0.1) is 12.3 Å². The van der Waals surface area contributed by atoms with Crippen molar-refractivity contribution in [1.29, 1.82) is 0 Å². The van der Waals surface area contributed by atoms with Crippen LogP contribution in [-0.2, 0) is 6.61 Å². The van der Waals surface area contributed by atoms with Gasteiger partial charge in [-0.15, -0.1) is 0 Å². The topological polar surface area (TPSA) is 37.5 Å². The fourth-order valence-corrected chi connectivity index (χ4v) is 2.18. The van der Waals surface area contributed by atoms with Crippen LogP contribution in [0.3, 0.4) is 0 Å². The van der Waals surface area contributed by atoms with Crippen molar-refractivity contribution in [2.75, 3.05) is 0 Å². The Bertz CT molecular complexity index is 686. The highest BCUT2D eigenvalue weighted by molar-refractivity contribution is 5.66. The van der Waals surface area contributed by atoms with Crippen molar-refractivity contribution in [2.24, 2.45) is 0 Å². The molecule has 0 unspecified atom stereocenters. The van der Waals surface area contributed by atoms with E-state index in [9.17, 15) is 0 Å². The van der Waals surface area contributed by atoms with Gasteiger partial charge in [0.1, 0.15) is 5.65 Å². The van der Waals surface area contributed by atoms with Crippen molar-refractivity contribution in [1.82, 2.24) is 9.38 Å².